The van der Waals surface area contributed by atoms with E-state index >= 15 is 0 Å². The second kappa shape index (κ2) is 9.34. The highest BCUT2D eigenvalue weighted by Gasteiger charge is 2.27. The van der Waals surface area contributed by atoms with Crippen LogP contribution in [0.3, 0.4) is 0 Å². The number of thiazole rings is 1. The van der Waals surface area contributed by atoms with E-state index in [1.165, 1.54) is 23.5 Å². The number of carbonyl (C=O) groups is 1. The van der Waals surface area contributed by atoms with Crippen LogP contribution in [0, 0.1) is 12.7 Å². The number of benzene rings is 2. The predicted octanol–water partition coefficient (Wildman–Crippen LogP) is 4.47. The van der Waals surface area contributed by atoms with Crippen LogP contribution in [-0.4, -0.2) is 41.6 Å². The Kier molecular flexibility index (Phi) is 6.36. The Morgan fingerprint density at radius 1 is 1.23 bits per heavy atom. The summed E-state index contributed by atoms with van der Waals surface area (Å²) >= 11 is 1.31. The molecule has 0 saturated heterocycles. The third kappa shape index (κ3) is 4.96. The summed E-state index contributed by atoms with van der Waals surface area (Å²) in [5.41, 5.74) is 0.664. The number of para-hydroxylation sites is 2. The van der Waals surface area contributed by atoms with E-state index in [1.807, 2.05) is 38.1 Å². The highest BCUT2D eigenvalue weighted by atomic mass is 32.1. The SMILES string of the molecule is CCN(CC1COc2ccccc2O1)C(=O)c1sc(COc2ccc(F)cc2)nc1C. The molecule has 8 heteroatoms. The van der Waals surface area contributed by atoms with Gasteiger partial charge in [-0.25, -0.2) is 9.37 Å². The molecular weight excluding hydrogens is 419 g/mol. The number of likely N-dealkylation sites (N-methyl/N-ethyl adjacent to an activating group) is 1. The van der Waals surface area contributed by atoms with Gasteiger partial charge in [-0.2, -0.15) is 0 Å². The summed E-state index contributed by atoms with van der Waals surface area (Å²) in [5.74, 6) is 1.55. The molecule has 1 amide bonds. The first kappa shape index (κ1) is 21.1. The van der Waals surface area contributed by atoms with Gasteiger partial charge in [-0.15, -0.1) is 11.3 Å². The van der Waals surface area contributed by atoms with Crippen molar-refractivity contribution in [3.63, 3.8) is 0 Å². The number of aromatic nitrogens is 1. The van der Waals surface area contributed by atoms with E-state index in [9.17, 15) is 9.18 Å². The summed E-state index contributed by atoms with van der Waals surface area (Å²) in [6, 6.07) is 13.3. The van der Waals surface area contributed by atoms with Crippen LogP contribution in [0.2, 0.25) is 0 Å². The number of nitrogens with zero attached hydrogens (tertiary/aromatic N) is 2. The number of carbonyl (C=O) groups excluding carboxylic acids is 1. The number of aryl methyl sites for hydroxylation is 1. The zero-order chi connectivity index (χ0) is 21.8. The largest absolute Gasteiger partial charge is 0.486 e. The second-order valence-corrected chi connectivity index (χ2v) is 8.19. The Morgan fingerprint density at radius 2 is 1.97 bits per heavy atom. The third-order valence-corrected chi connectivity index (χ3v) is 5.99. The number of amides is 1. The Bertz CT molecular complexity index is 1050. The molecule has 0 radical (unpaired) electrons. The van der Waals surface area contributed by atoms with Crippen molar-refractivity contribution in [2.75, 3.05) is 19.7 Å². The molecule has 1 unspecified atom stereocenters. The summed E-state index contributed by atoms with van der Waals surface area (Å²) in [6.07, 6.45) is -0.242. The first-order chi connectivity index (χ1) is 15.0. The minimum Gasteiger partial charge on any atom is -0.486 e. The molecule has 0 bridgehead atoms. The van der Waals surface area contributed by atoms with Crippen molar-refractivity contribution in [3.05, 3.63) is 69.9 Å². The normalized spacial score (nSPS) is 14.9. The quantitative estimate of drug-likeness (QED) is 0.540. The lowest BCUT2D eigenvalue weighted by Crippen LogP contribution is -2.43. The van der Waals surface area contributed by atoms with Gasteiger partial charge in [0.15, 0.2) is 17.6 Å². The number of rotatable bonds is 7. The van der Waals surface area contributed by atoms with Gasteiger partial charge in [-0.1, -0.05) is 12.1 Å². The Morgan fingerprint density at radius 3 is 2.71 bits per heavy atom. The maximum atomic E-state index is 13.2. The Hall–Kier alpha value is -3.13. The van der Waals surface area contributed by atoms with E-state index in [0.717, 1.165) is 5.75 Å². The lowest BCUT2D eigenvalue weighted by atomic mass is 10.2. The van der Waals surface area contributed by atoms with Crippen molar-refractivity contribution < 1.29 is 23.4 Å². The molecule has 0 aliphatic carbocycles. The number of hydrogen-bond acceptors (Lipinski definition) is 6. The lowest BCUT2D eigenvalue weighted by Gasteiger charge is -2.30. The smallest absolute Gasteiger partial charge is 0.265 e. The Balaban J connectivity index is 1.40. The molecule has 1 aliphatic rings. The van der Waals surface area contributed by atoms with E-state index in [1.54, 1.807) is 17.0 Å². The fourth-order valence-corrected chi connectivity index (χ4v) is 4.23. The molecule has 162 valence electrons. The summed E-state index contributed by atoms with van der Waals surface area (Å²) in [5, 5.41) is 0.687. The monoisotopic (exact) mass is 442 g/mol. The first-order valence-corrected chi connectivity index (χ1v) is 10.9. The summed E-state index contributed by atoms with van der Waals surface area (Å²) in [4.78, 5) is 20.0. The molecule has 1 aliphatic heterocycles. The van der Waals surface area contributed by atoms with Crippen molar-refractivity contribution in [1.29, 1.82) is 0 Å². The van der Waals surface area contributed by atoms with Crippen molar-refractivity contribution in [1.82, 2.24) is 9.88 Å². The highest BCUT2D eigenvalue weighted by Crippen LogP contribution is 2.31. The minimum absolute atomic E-state index is 0.0898. The average Bonchev–Trinajstić information content (AvgIpc) is 3.17. The van der Waals surface area contributed by atoms with Gasteiger partial charge in [-0.05, 0) is 50.2 Å². The third-order valence-electron chi connectivity index (χ3n) is 4.87. The molecule has 0 spiro atoms. The lowest BCUT2D eigenvalue weighted by molar-refractivity contribution is 0.0477. The molecule has 1 aromatic heterocycles. The van der Waals surface area contributed by atoms with E-state index in [0.29, 0.717) is 46.8 Å². The van der Waals surface area contributed by atoms with Crippen LogP contribution in [-0.2, 0) is 6.61 Å². The van der Waals surface area contributed by atoms with Crippen LogP contribution in [0.5, 0.6) is 17.2 Å². The molecule has 2 aromatic carbocycles. The van der Waals surface area contributed by atoms with Crippen LogP contribution in [0.25, 0.3) is 0 Å². The van der Waals surface area contributed by atoms with Crippen LogP contribution in [0.4, 0.5) is 4.39 Å². The van der Waals surface area contributed by atoms with Gasteiger partial charge >= 0.3 is 0 Å². The summed E-state index contributed by atoms with van der Waals surface area (Å²) in [6.45, 7) is 5.31. The zero-order valence-corrected chi connectivity index (χ0v) is 18.2. The molecule has 0 saturated carbocycles. The standard InChI is InChI=1S/C23H23FN2O4S/c1-3-26(12-18-13-29-19-6-4-5-7-20(19)30-18)23(27)22-15(2)25-21(31-22)14-28-17-10-8-16(24)9-11-17/h4-11,18H,3,12-14H2,1-2H3. The van der Waals surface area contributed by atoms with Gasteiger partial charge in [0.05, 0.1) is 12.2 Å². The number of hydrogen-bond donors (Lipinski definition) is 0. The van der Waals surface area contributed by atoms with E-state index in [4.69, 9.17) is 14.2 Å². The molecule has 6 nitrogen and oxygen atoms in total. The fraction of sp³-hybridized carbons (Fsp3) is 0.304. The van der Waals surface area contributed by atoms with Crippen LogP contribution in [0.15, 0.2) is 48.5 Å². The predicted molar refractivity (Wildman–Crippen MR) is 116 cm³/mol. The van der Waals surface area contributed by atoms with Gasteiger partial charge in [0.1, 0.15) is 34.7 Å². The van der Waals surface area contributed by atoms with Crippen molar-refractivity contribution in [3.8, 4) is 17.2 Å². The number of fused-ring (bicyclic) bond motifs is 1. The molecular formula is C23H23FN2O4S. The van der Waals surface area contributed by atoms with E-state index in [2.05, 4.69) is 4.98 Å². The van der Waals surface area contributed by atoms with Crippen LogP contribution < -0.4 is 14.2 Å². The van der Waals surface area contributed by atoms with Gasteiger partial charge < -0.3 is 19.1 Å². The van der Waals surface area contributed by atoms with Gasteiger partial charge in [0, 0.05) is 6.54 Å². The maximum absolute atomic E-state index is 13.2. The van der Waals surface area contributed by atoms with Crippen molar-refractivity contribution in [2.24, 2.45) is 0 Å². The molecule has 3 aromatic rings. The summed E-state index contributed by atoms with van der Waals surface area (Å²) < 4.78 is 30.4. The van der Waals surface area contributed by atoms with Crippen LogP contribution >= 0.6 is 11.3 Å². The molecule has 4 rings (SSSR count). The zero-order valence-electron chi connectivity index (χ0n) is 17.3. The van der Waals surface area contributed by atoms with Gasteiger partial charge in [0.2, 0.25) is 0 Å². The molecule has 1 atom stereocenters. The fourth-order valence-electron chi connectivity index (χ4n) is 3.29. The topological polar surface area (TPSA) is 60.9 Å². The van der Waals surface area contributed by atoms with Crippen LogP contribution in [0.1, 0.15) is 27.3 Å². The number of halogens is 1. The minimum atomic E-state index is -0.319. The van der Waals surface area contributed by atoms with E-state index in [-0.39, 0.29) is 24.4 Å². The second-order valence-electron chi connectivity index (χ2n) is 7.11. The maximum Gasteiger partial charge on any atom is 0.265 e. The molecule has 2 heterocycles. The average molecular weight is 443 g/mol. The molecule has 0 N–H and O–H groups in total. The Labute approximate surface area is 184 Å². The van der Waals surface area contributed by atoms with E-state index < -0.39 is 0 Å². The van der Waals surface area contributed by atoms with Gasteiger partial charge in [-0.3, -0.25) is 4.79 Å². The van der Waals surface area contributed by atoms with Crippen molar-refractivity contribution in [2.45, 2.75) is 26.6 Å². The molecule has 31 heavy (non-hydrogen) atoms. The summed E-state index contributed by atoms with van der Waals surface area (Å²) in [7, 11) is 0. The van der Waals surface area contributed by atoms with Gasteiger partial charge in [0.25, 0.3) is 5.91 Å². The molecule has 0 fully saturated rings. The highest BCUT2D eigenvalue weighted by molar-refractivity contribution is 7.13. The van der Waals surface area contributed by atoms with Crippen molar-refractivity contribution >= 4 is 17.2 Å². The number of ether oxygens (including phenoxy) is 3. The first-order valence-electron chi connectivity index (χ1n) is 10.1.